The molecule has 0 bridgehead atoms. The van der Waals surface area contributed by atoms with Crippen molar-refractivity contribution in [3.63, 3.8) is 0 Å². The Hall–Kier alpha value is -0.880. The number of ether oxygens (including phenoxy) is 2. The van der Waals surface area contributed by atoms with Gasteiger partial charge in [0.15, 0.2) is 6.29 Å². The van der Waals surface area contributed by atoms with Crippen molar-refractivity contribution in [2.75, 3.05) is 26.5 Å². The number of pyridine rings is 1. The molecule has 1 aromatic rings. The Morgan fingerprint density at radius 2 is 2.12 bits per heavy atom. The number of nitrogens with zero attached hydrogens (tertiary/aromatic N) is 1. The van der Waals surface area contributed by atoms with E-state index in [0.717, 1.165) is 12.1 Å². The van der Waals surface area contributed by atoms with Gasteiger partial charge in [0.25, 0.3) is 0 Å². The minimum atomic E-state index is -0.447. The summed E-state index contributed by atoms with van der Waals surface area (Å²) in [5, 5.41) is 3.77. The molecule has 1 rings (SSSR count). The lowest BCUT2D eigenvalue weighted by Crippen LogP contribution is -2.35. The molecule has 17 heavy (non-hydrogen) atoms. The predicted molar refractivity (Wildman–Crippen MR) is 67.9 cm³/mol. The highest BCUT2D eigenvalue weighted by molar-refractivity contribution is 6.30. The van der Waals surface area contributed by atoms with Gasteiger partial charge in [-0.15, -0.1) is 0 Å². The van der Waals surface area contributed by atoms with E-state index in [4.69, 9.17) is 26.8 Å². The van der Waals surface area contributed by atoms with Crippen LogP contribution in [0.25, 0.3) is 0 Å². The van der Waals surface area contributed by atoms with Crippen LogP contribution in [0, 0.1) is 0 Å². The Morgan fingerprint density at radius 1 is 1.47 bits per heavy atom. The number of nitrogen functional groups attached to an aromatic ring is 1. The number of hydrogen-bond donors (Lipinski definition) is 2. The SMILES string of the molecule is CCNC(c1cc(Cl)cnc1N)C(OC)OC. The number of nitrogens with one attached hydrogen (secondary N) is 1. The van der Waals surface area contributed by atoms with Crippen LogP contribution in [0.4, 0.5) is 5.82 Å². The molecular weight excluding hydrogens is 242 g/mol. The maximum absolute atomic E-state index is 5.92. The summed E-state index contributed by atoms with van der Waals surface area (Å²) in [7, 11) is 3.15. The zero-order valence-corrected chi connectivity index (χ0v) is 11.0. The van der Waals surface area contributed by atoms with E-state index in [1.54, 1.807) is 20.3 Å². The van der Waals surface area contributed by atoms with E-state index in [-0.39, 0.29) is 6.04 Å². The first-order valence-electron chi connectivity index (χ1n) is 5.33. The number of nitrogens with two attached hydrogens (primary N) is 1. The summed E-state index contributed by atoms with van der Waals surface area (Å²) in [6.07, 6.45) is 1.07. The number of aromatic nitrogens is 1. The van der Waals surface area contributed by atoms with Crippen molar-refractivity contribution >= 4 is 17.4 Å². The molecule has 1 atom stereocenters. The molecule has 3 N–H and O–H groups in total. The lowest BCUT2D eigenvalue weighted by molar-refractivity contribution is -0.123. The van der Waals surface area contributed by atoms with Gasteiger partial charge in [0.2, 0.25) is 0 Å². The summed E-state index contributed by atoms with van der Waals surface area (Å²) in [4.78, 5) is 4.03. The molecule has 0 aliphatic carbocycles. The average Bonchev–Trinajstić information content (AvgIpc) is 2.33. The van der Waals surface area contributed by atoms with Crippen LogP contribution in [0.5, 0.6) is 0 Å². The fourth-order valence-electron chi connectivity index (χ4n) is 1.66. The third-order valence-corrected chi connectivity index (χ3v) is 2.62. The Morgan fingerprint density at radius 3 is 2.65 bits per heavy atom. The highest BCUT2D eigenvalue weighted by Gasteiger charge is 2.24. The van der Waals surface area contributed by atoms with E-state index in [0.29, 0.717) is 10.8 Å². The predicted octanol–water partition coefficient (Wildman–Crippen LogP) is 1.59. The molecule has 1 unspecified atom stereocenters. The summed E-state index contributed by atoms with van der Waals surface area (Å²) in [6.45, 7) is 2.74. The molecule has 0 saturated heterocycles. The molecule has 5 nitrogen and oxygen atoms in total. The summed E-state index contributed by atoms with van der Waals surface area (Å²) in [6, 6.07) is 1.56. The van der Waals surface area contributed by atoms with Crippen molar-refractivity contribution in [1.82, 2.24) is 10.3 Å². The molecular formula is C11H18ClN3O2. The van der Waals surface area contributed by atoms with Crippen LogP contribution >= 0.6 is 11.6 Å². The molecule has 0 radical (unpaired) electrons. The first-order chi connectivity index (χ1) is 8.13. The van der Waals surface area contributed by atoms with E-state index in [1.807, 2.05) is 6.92 Å². The topological polar surface area (TPSA) is 69.4 Å². The highest BCUT2D eigenvalue weighted by atomic mass is 35.5. The fourth-order valence-corrected chi connectivity index (χ4v) is 1.82. The zero-order valence-electron chi connectivity index (χ0n) is 10.2. The van der Waals surface area contributed by atoms with Crippen LogP contribution in [0.1, 0.15) is 18.5 Å². The summed E-state index contributed by atoms with van der Waals surface area (Å²) < 4.78 is 10.5. The lowest BCUT2D eigenvalue weighted by Gasteiger charge is -2.26. The Labute approximate surface area is 106 Å². The van der Waals surface area contributed by atoms with Gasteiger partial charge >= 0.3 is 0 Å². The van der Waals surface area contributed by atoms with Crippen molar-refractivity contribution in [2.45, 2.75) is 19.3 Å². The maximum Gasteiger partial charge on any atom is 0.176 e. The van der Waals surface area contributed by atoms with Gasteiger partial charge in [-0.2, -0.15) is 0 Å². The molecule has 0 saturated carbocycles. The minimum Gasteiger partial charge on any atom is -0.383 e. The van der Waals surface area contributed by atoms with E-state index < -0.39 is 6.29 Å². The monoisotopic (exact) mass is 259 g/mol. The Kier molecular flexibility index (Phi) is 5.64. The third kappa shape index (κ3) is 3.54. The average molecular weight is 260 g/mol. The van der Waals surface area contributed by atoms with Crippen molar-refractivity contribution < 1.29 is 9.47 Å². The van der Waals surface area contributed by atoms with Crippen LogP contribution in [0.3, 0.4) is 0 Å². The molecule has 96 valence electrons. The van der Waals surface area contributed by atoms with Gasteiger partial charge in [-0.05, 0) is 12.6 Å². The van der Waals surface area contributed by atoms with E-state index >= 15 is 0 Å². The van der Waals surface area contributed by atoms with Crippen molar-refractivity contribution in [3.8, 4) is 0 Å². The number of anilines is 1. The van der Waals surface area contributed by atoms with E-state index in [9.17, 15) is 0 Å². The molecule has 1 aromatic heterocycles. The quantitative estimate of drug-likeness (QED) is 0.760. The van der Waals surface area contributed by atoms with Crippen LogP contribution in [0.2, 0.25) is 5.02 Å². The number of methoxy groups -OCH3 is 2. The minimum absolute atomic E-state index is 0.207. The molecule has 0 fully saturated rings. The molecule has 1 heterocycles. The van der Waals surface area contributed by atoms with Crippen LogP contribution in [-0.4, -0.2) is 32.0 Å². The number of likely N-dealkylation sites (N-methyl/N-ethyl adjacent to an activating group) is 1. The van der Waals surface area contributed by atoms with Crippen LogP contribution in [-0.2, 0) is 9.47 Å². The van der Waals surface area contributed by atoms with E-state index in [1.165, 1.54) is 6.20 Å². The van der Waals surface area contributed by atoms with Crippen LogP contribution < -0.4 is 11.1 Å². The maximum atomic E-state index is 5.92. The van der Waals surface area contributed by atoms with Crippen LogP contribution in [0.15, 0.2) is 12.3 Å². The second kappa shape index (κ2) is 6.76. The number of hydrogen-bond acceptors (Lipinski definition) is 5. The smallest absolute Gasteiger partial charge is 0.176 e. The van der Waals surface area contributed by atoms with Gasteiger partial charge in [0, 0.05) is 26.0 Å². The first-order valence-corrected chi connectivity index (χ1v) is 5.71. The number of halogens is 1. The van der Waals surface area contributed by atoms with E-state index in [2.05, 4.69) is 10.3 Å². The number of rotatable bonds is 6. The zero-order chi connectivity index (χ0) is 12.8. The van der Waals surface area contributed by atoms with Gasteiger partial charge in [-0.1, -0.05) is 18.5 Å². The van der Waals surface area contributed by atoms with Crippen molar-refractivity contribution in [1.29, 1.82) is 0 Å². The molecule has 0 amide bonds. The fraction of sp³-hybridized carbons (Fsp3) is 0.545. The van der Waals surface area contributed by atoms with Gasteiger partial charge in [-0.3, -0.25) is 0 Å². The van der Waals surface area contributed by atoms with Crippen molar-refractivity contribution in [2.24, 2.45) is 0 Å². The largest absolute Gasteiger partial charge is 0.383 e. The Bertz CT molecular complexity index is 359. The molecule has 0 aromatic carbocycles. The van der Waals surface area contributed by atoms with Gasteiger partial charge < -0.3 is 20.5 Å². The summed E-state index contributed by atoms with van der Waals surface area (Å²) >= 11 is 5.92. The van der Waals surface area contributed by atoms with Gasteiger partial charge in [0.05, 0.1) is 11.1 Å². The molecule has 0 aliphatic heterocycles. The standard InChI is InChI=1S/C11H18ClN3O2/c1-4-14-9(11(16-2)17-3)8-5-7(12)6-15-10(8)13/h5-6,9,11,14H,4H2,1-3H3,(H2,13,15). The molecule has 6 heteroatoms. The second-order valence-electron chi connectivity index (χ2n) is 3.50. The lowest BCUT2D eigenvalue weighted by atomic mass is 10.1. The Balaban J connectivity index is 3.07. The van der Waals surface area contributed by atoms with Crippen molar-refractivity contribution in [3.05, 3.63) is 22.8 Å². The highest BCUT2D eigenvalue weighted by Crippen LogP contribution is 2.26. The summed E-state index contributed by atoms with van der Waals surface area (Å²) in [5.41, 5.74) is 6.62. The first kappa shape index (κ1) is 14.2. The summed E-state index contributed by atoms with van der Waals surface area (Å²) in [5.74, 6) is 0.416. The van der Waals surface area contributed by atoms with Gasteiger partial charge in [0.1, 0.15) is 5.82 Å². The molecule has 0 spiro atoms. The normalized spacial score (nSPS) is 13.0. The van der Waals surface area contributed by atoms with Gasteiger partial charge in [-0.25, -0.2) is 4.98 Å². The second-order valence-corrected chi connectivity index (χ2v) is 3.94. The third-order valence-electron chi connectivity index (χ3n) is 2.41. The molecule has 0 aliphatic rings.